The summed E-state index contributed by atoms with van der Waals surface area (Å²) in [6, 6.07) is 14.1. The number of anilines is 1. The highest BCUT2D eigenvalue weighted by Gasteiger charge is 2.28. The number of fused-ring (bicyclic) bond motifs is 2. The van der Waals surface area contributed by atoms with Crippen LogP contribution >= 0.6 is 11.3 Å². The summed E-state index contributed by atoms with van der Waals surface area (Å²) in [6.07, 6.45) is 2.27. The van der Waals surface area contributed by atoms with Gasteiger partial charge in [0, 0.05) is 25.7 Å². The zero-order valence-corrected chi connectivity index (χ0v) is 18.2. The average Bonchev–Trinajstić information content (AvgIpc) is 3.23. The van der Waals surface area contributed by atoms with Gasteiger partial charge in [-0.1, -0.05) is 23.5 Å². The number of aromatic nitrogens is 1. The topological polar surface area (TPSA) is 47.1 Å². The van der Waals surface area contributed by atoms with Gasteiger partial charge in [0.15, 0.2) is 22.9 Å². The van der Waals surface area contributed by atoms with Crippen molar-refractivity contribution in [3.63, 3.8) is 0 Å². The van der Waals surface area contributed by atoms with Crippen LogP contribution in [0.5, 0.6) is 17.2 Å². The maximum absolute atomic E-state index is 6.19. The first-order valence-corrected chi connectivity index (χ1v) is 11.3. The third kappa shape index (κ3) is 3.91. The molecule has 2 aliphatic rings. The van der Waals surface area contributed by atoms with Gasteiger partial charge in [-0.2, -0.15) is 0 Å². The predicted octanol–water partition coefficient (Wildman–Crippen LogP) is 4.25. The molecule has 7 heteroatoms. The minimum Gasteiger partial charge on any atom is -0.497 e. The minimum absolute atomic E-state index is 0.0619. The Kier molecular flexibility index (Phi) is 5.39. The van der Waals surface area contributed by atoms with Crippen molar-refractivity contribution < 1.29 is 14.2 Å². The number of piperidine rings is 1. The van der Waals surface area contributed by atoms with E-state index in [2.05, 4.69) is 41.1 Å². The normalized spacial score (nSPS) is 19.4. The van der Waals surface area contributed by atoms with Crippen molar-refractivity contribution >= 4 is 26.7 Å². The number of hydrogen-bond acceptors (Lipinski definition) is 7. The van der Waals surface area contributed by atoms with E-state index in [-0.39, 0.29) is 6.23 Å². The molecular formula is C23H27N3O3S. The lowest BCUT2D eigenvalue weighted by molar-refractivity contribution is -0.0234. The molecule has 1 fully saturated rings. The molecule has 0 radical (unpaired) electrons. The monoisotopic (exact) mass is 425 g/mol. The zero-order chi connectivity index (χ0) is 20.5. The Bertz CT molecular complexity index is 983. The average molecular weight is 426 g/mol. The van der Waals surface area contributed by atoms with Gasteiger partial charge in [-0.3, -0.25) is 4.90 Å². The Labute approximate surface area is 181 Å². The van der Waals surface area contributed by atoms with Gasteiger partial charge in [-0.25, -0.2) is 4.98 Å². The molecule has 5 rings (SSSR count). The lowest BCUT2D eigenvalue weighted by Gasteiger charge is -2.37. The smallest absolute Gasteiger partial charge is 0.186 e. The number of benzene rings is 2. The van der Waals surface area contributed by atoms with Crippen molar-refractivity contribution in [2.24, 2.45) is 5.92 Å². The fourth-order valence-corrected chi connectivity index (χ4v) is 5.23. The quantitative estimate of drug-likeness (QED) is 0.609. The van der Waals surface area contributed by atoms with E-state index >= 15 is 0 Å². The Balaban J connectivity index is 1.15. The molecule has 0 saturated carbocycles. The van der Waals surface area contributed by atoms with E-state index in [0.29, 0.717) is 12.5 Å². The largest absolute Gasteiger partial charge is 0.497 e. The van der Waals surface area contributed by atoms with Crippen LogP contribution < -0.4 is 19.1 Å². The fraction of sp³-hybridized carbons (Fsp3) is 0.435. The second-order valence-electron chi connectivity index (χ2n) is 8.03. The summed E-state index contributed by atoms with van der Waals surface area (Å²) in [5, 5.41) is 1.15. The number of rotatable bonds is 5. The van der Waals surface area contributed by atoms with Gasteiger partial charge in [0.1, 0.15) is 12.4 Å². The molecule has 3 aromatic rings. The third-order valence-corrected chi connectivity index (χ3v) is 7.10. The molecule has 158 valence electrons. The molecule has 1 saturated heterocycles. The molecule has 2 aromatic carbocycles. The summed E-state index contributed by atoms with van der Waals surface area (Å²) < 4.78 is 18.6. The van der Waals surface area contributed by atoms with Crippen molar-refractivity contribution in [2.75, 3.05) is 45.3 Å². The van der Waals surface area contributed by atoms with E-state index in [9.17, 15) is 0 Å². The van der Waals surface area contributed by atoms with Crippen molar-refractivity contribution in [2.45, 2.75) is 19.1 Å². The Morgan fingerprint density at radius 3 is 2.80 bits per heavy atom. The minimum atomic E-state index is -0.0619. The Hall–Kier alpha value is -2.51. The molecule has 1 unspecified atom stereocenters. The summed E-state index contributed by atoms with van der Waals surface area (Å²) in [4.78, 5) is 9.54. The second kappa shape index (κ2) is 8.32. The molecule has 2 aliphatic heterocycles. The van der Waals surface area contributed by atoms with Crippen LogP contribution in [-0.4, -0.2) is 56.5 Å². The van der Waals surface area contributed by atoms with Crippen molar-refractivity contribution in [1.29, 1.82) is 0 Å². The van der Waals surface area contributed by atoms with E-state index in [0.717, 1.165) is 47.5 Å². The Morgan fingerprint density at radius 1 is 1.17 bits per heavy atom. The number of methoxy groups -OCH3 is 1. The summed E-state index contributed by atoms with van der Waals surface area (Å²) in [7, 11) is 3.78. The fourth-order valence-electron chi connectivity index (χ4n) is 4.21. The first-order chi connectivity index (χ1) is 14.7. The van der Waals surface area contributed by atoms with Crippen LogP contribution in [0, 0.1) is 5.92 Å². The third-order valence-electron chi connectivity index (χ3n) is 6.00. The van der Waals surface area contributed by atoms with E-state index in [4.69, 9.17) is 19.2 Å². The van der Waals surface area contributed by atoms with Crippen LogP contribution in [0.15, 0.2) is 42.5 Å². The zero-order valence-electron chi connectivity index (χ0n) is 17.4. The standard InChI is InChI=1S/C23H27N3O3S/c1-25(22-15-28-20-13-17(27-2)7-8-19(20)29-22)14-16-9-11-26(12-10-16)23-24-18-5-3-4-6-21(18)30-23/h3-8,13,16,22H,9-12,14-15H2,1-2H3. The first-order valence-electron chi connectivity index (χ1n) is 10.5. The molecular weight excluding hydrogens is 398 g/mol. The molecule has 0 spiro atoms. The summed E-state index contributed by atoms with van der Waals surface area (Å²) in [5.41, 5.74) is 1.10. The second-order valence-corrected chi connectivity index (χ2v) is 9.04. The molecule has 3 heterocycles. The summed E-state index contributed by atoms with van der Waals surface area (Å²) >= 11 is 1.80. The number of thiazole rings is 1. The number of ether oxygens (including phenoxy) is 3. The maximum Gasteiger partial charge on any atom is 0.186 e. The summed E-state index contributed by atoms with van der Waals surface area (Å²) in [6.45, 7) is 3.65. The van der Waals surface area contributed by atoms with E-state index < -0.39 is 0 Å². The number of hydrogen-bond donors (Lipinski definition) is 0. The molecule has 6 nitrogen and oxygen atoms in total. The van der Waals surface area contributed by atoms with Crippen LogP contribution in [0.1, 0.15) is 12.8 Å². The predicted molar refractivity (Wildman–Crippen MR) is 120 cm³/mol. The highest BCUT2D eigenvalue weighted by atomic mass is 32.1. The number of likely N-dealkylation sites (N-methyl/N-ethyl adjacent to an activating group) is 1. The Morgan fingerprint density at radius 2 is 2.00 bits per heavy atom. The van der Waals surface area contributed by atoms with Gasteiger partial charge in [-0.15, -0.1) is 0 Å². The van der Waals surface area contributed by atoms with E-state index in [1.54, 1.807) is 18.4 Å². The number of nitrogens with zero attached hydrogens (tertiary/aromatic N) is 3. The van der Waals surface area contributed by atoms with Gasteiger partial charge in [0.25, 0.3) is 0 Å². The van der Waals surface area contributed by atoms with Gasteiger partial charge in [0.05, 0.1) is 17.3 Å². The lowest BCUT2D eigenvalue weighted by atomic mass is 9.96. The molecule has 0 amide bonds. The summed E-state index contributed by atoms with van der Waals surface area (Å²) in [5.74, 6) is 2.97. The van der Waals surface area contributed by atoms with Crippen LogP contribution in [0.3, 0.4) is 0 Å². The molecule has 0 bridgehead atoms. The van der Waals surface area contributed by atoms with Crippen LogP contribution in [-0.2, 0) is 0 Å². The van der Waals surface area contributed by atoms with Gasteiger partial charge < -0.3 is 19.1 Å². The van der Waals surface area contributed by atoms with Gasteiger partial charge >= 0.3 is 0 Å². The van der Waals surface area contributed by atoms with Gasteiger partial charge in [-0.05, 0) is 50.1 Å². The first kappa shape index (κ1) is 19.5. The van der Waals surface area contributed by atoms with Crippen LogP contribution in [0.25, 0.3) is 10.2 Å². The SMILES string of the molecule is COc1ccc2c(c1)OCC(N(C)CC1CCN(c3nc4ccccc4s3)CC1)O2. The molecule has 0 aliphatic carbocycles. The maximum atomic E-state index is 6.19. The van der Waals surface area contributed by atoms with Crippen molar-refractivity contribution in [3.8, 4) is 17.2 Å². The van der Waals surface area contributed by atoms with E-state index in [1.165, 1.54) is 17.5 Å². The molecule has 30 heavy (non-hydrogen) atoms. The van der Waals surface area contributed by atoms with Crippen molar-refractivity contribution in [3.05, 3.63) is 42.5 Å². The van der Waals surface area contributed by atoms with Gasteiger partial charge in [0.2, 0.25) is 0 Å². The molecule has 0 N–H and O–H groups in total. The van der Waals surface area contributed by atoms with E-state index in [1.807, 2.05) is 18.2 Å². The lowest BCUT2D eigenvalue weighted by Crippen LogP contribution is -2.46. The molecule has 1 aromatic heterocycles. The molecule has 1 atom stereocenters. The highest BCUT2D eigenvalue weighted by molar-refractivity contribution is 7.22. The van der Waals surface area contributed by atoms with Crippen LogP contribution in [0.2, 0.25) is 0 Å². The van der Waals surface area contributed by atoms with Crippen LogP contribution in [0.4, 0.5) is 5.13 Å². The van der Waals surface area contributed by atoms with Crippen molar-refractivity contribution in [1.82, 2.24) is 9.88 Å². The number of para-hydroxylation sites is 1. The highest BCUT2D eigenvalue weighted by Crippen LogP contribution is 2.36.